The number of carbonyl (C=O) groups is 4. The van der Waals surface area contributed by atoms with Gasteiger partial charge >= 0.3 is 0 Å². The van der Waals surface area contributed by atoms with Gasteiger partial charge in [-0.2, -0.15) is 0 Å². The normalized spacial score (nSPS) is 15.7. The predicted molar refractivity (Wildman–Crippen MR) is 239 cm³/mol. The number of fused-ring (bicyclic) bond motifs is 1. The zero-order chi connectivity index (χ0) is 45.1. The van der Waals surface area contributed by atoms with Crippen molar-refractivity contribution in [3.05, 3.63) is 77.2 Å². The molecule has 0 spiro atoms. The van der Waals surface area contributed by atoms with Gasteiger partial charge in [-0.05, 0) is 47.9 Å². The van der Waals surface area contributed by atoms with Crippen molar-refractivity contribution in [1.29, 1.82) is 0 Å². The average Bonchev–Trinajstić information content (AvgIpc) is 4.00. The number of aliphatic hydroxyl groups excluding tert-OH is 1. The Bertz CT molecular complexity index is 2370. The van der Waals surface area contributed by atoms with E-state index in [0.29, 0.717) is 31.5 Å². The van der Waals surface area contributed by atoms with Crippen LogP contribution in [0.1, 0.15) is 48.9 Å². The van der Waals surface area contributed by atoms with Crippen LogP contribution in [-0.2, 0) is 41.7 Å². The summed E-state index contributed by atoms with van der Waals surface area (Å²) in [6, 6.07) is 13.7. The van der Waals surface area contributed by atoms with Crippen molar-refractivity contribution in [2.45, 2.75) is 70.5 Å². The van der Waals surface area contributed by atoms with Gasteiger partial charge in [0.05, 0.1) is 60.7 Å². The Morgan fingerprint density at radius 1 is 1.00 bits per heavy atom. The number of ether oxygens (including phenoxy) is 3. The van der Waals surface area contributed by atoms with E-state index < -0.39 is 41.3 Å². The minimum Gasteiger partial charge on any atom is -0.391 e. The van der Waals surface area contributed by atoms with E-state index in [4.69, 9.17) is 19.9 Å². The van der Waals surface area contributed by atoms with Crippen LogP contribution in [0.5, 0.6) is 0 Å². The Balaban J connectivity index is 0.887. The molecule has 0 aliphatic carbocycles. The van der Waals surface area contributed by atoms with Crippen LogP contribution < -0.4 is 21.7 Å². The molecule has 18 nitrogen and oxygen atoms in total. The number of primary amides is 1. The molecule has 1 saturated heterocycles. The van der Waals surface area contributed by atoms with Gasteiger partial charge in [-0.1, -0.05) is 62.9 Å². The molecule has 3 atom stereocenters. The third-order valence-electron chi connectivity index (χ3n) is 10.3. The first-order valence-electron chi connectivity index (χ1n) is 20.4. The van der Waals surface area contributed by atoms with Gasteiger partial charge in [0, 0.05) is 43.3 Å². The van der Waals surface area contributed by atoms with Crippen molar-refractivity contribution in [3.63, 3.8) is 0 Å². The highest BCUT2D eigenvalue weighted by atomic mass is 32.2. The summed E-state index contributed by atoms with van der Waals surface area (Å²) in [7, 11) is 0. The Kier molecular flexibility index (Phi) is 16.2. The zero-order valence-electron chi connectivity index (χ0n) is 36.0. The SMILES string of the molecule is CSc1nnc(C(N)=O)c(Nc2cccc3c2ccn3CCOCCOCCOCC(=O)N[C@H](C(=O)N2C[C@H](O)C[C@H]2C(=O)NCc2ccc(-c3scnc3C)cc2)C(C)(C)C)n1. The van der Waals surface area contributed by atoms with Crippen LogP contribution in [0.4, 0.5) is 11.5 Å². The van der Waals surface area contributed by atoms with Gasteiger partial charge in [0.1, 0.15) is 18.7 Å². The number of benzene rings is 2. The number of carbonyl (C=O) groups excluding carboxylic acids is 4. The van der Waals surface area contributed by atoms with Crippen molar-refractivity contribution in [2.24, 2.45) is 11.1 Å². The molecule has 6 N–H and O–H groups in total. The molecule has 4 amide bonds. The Morgan fingerprint density at radius 2 is 1.73 bits per heavy atom. The number of hydrogen-bond donors (Lipinski definition) is 5. The minimum absolute atomic E-state index is 0.0215. The van der Waals surface area contributed by atoms with E-state index in [0.717, 1.165) is 38.3 Å². The molecule has 63 heavy (non-hydrogen) atoms. The topological polar surface area (TPSA) is 238 Å². The number of likely N-dealkylation sites (tertiary alicyclic amines) is 1. The van der Waals surface area contributed by atoms with Crippen LogP contribution in [0, 0.1) is 12.3 Å². The van der Waals surface area contributed by atoms with Crippen LogP contribution in [0.2, 0.25) is 0 Å². The molecule has 4 heterocycles. The summed E-state index contributed by atoms with van der Waals surface area (Å²) in [5.74, 6) is -1.82. The first-order chi connectivity index (χ1) is 30.2. The number of rotatable bonds is 21. The average molecular weight is 903 g/mol. The number of aliphatic hydroxyl groups is 1. The highest BCUT2D eigenvalue weighted by molar-refractivity contribution is 7.98. The van der Waals surface area contributed by atoms with Crippen LogP contribution in [0.3, 0.4) is 0 Å². The lowest BCUT2D eigenvalue weighted by molar-refractivity contribution is -0.144. The summed E-state index contributed by atoms with van der Waals surface area (Å²) < 4.78 is 19.0. The van der Waals surface area contributed by atoms with E-state index in [1.54, 1.807) is 11.3 Å². The van der Waals surface area contributed by atoms with Crippen molar-refractivity contribution in [3.8, 4) is 10.4 Å². The maximum atomic E-state index is 13.9. The molecule has 0 radical (unpaired) electrons. The van der Waals surface area contributed by atoms with Crippen molar-refractivity contribution < 1.29 is 38.5 Å². The summed E-state index contributed by atoms with van der Waals surface area (Å²) in [4.78, 5) is 63.4. The summed E-state index contributed by atoms with van der Waals surface area (Å²) in [5.41, 5.74) is 11.1. The third kappa shape index (κ3) is 12.4. The highest BCUT2D eigenvalue weighted by Gasteiger charge is 2.44. The molecular formula is C43H54N10O8S2. The fraction of sp³-hybridized carbons (Fsp3) is 0.442. The molecule has 1 aliphatic rings. The molecule has 5 aromatic rings. The van der Waals surface area contributed by atoms with E-state index in [9.17, 15) is 24.3 Å². The van der Waals surface area contributed by atoms with Gasteiger partial charge in [0.25, 0.3) is 5.91 Å². The molecule has 2 aromatic carbocycles. The lowest BCUT2D eigenvalue weighted by Crippen LogP contribution is -2.58. The second-order valence-electron chi connectivity index (χ2n) is 16.0. The molecule has 1 aliphatic heterocycles. The smallest absolute Gasteiger partial charge is 0.273 e. The number of nitrogens with one attached hydrogen (secondary N) is 3. The van der Waals surface area contributed by atoms with Crippen molar-refractivity contribution in [2.75, 3.05) is 57.8 Å². The van der Waals surface area contributed by atoms with Crippen LogP contribution in [0.15, 0.2) is 65.4 Å². The number of aryl methyl sites for hydroxylation is 1. The number of thiazole rings is 1. The minimum atomic E-state index is -0.972. The number of nitrogens with two attached hydrogens (primary N) is 1. The number of nitrogens with zero attached hydrogens (tertiary/aromatic N) is 6. The maximum Gasteiger partial charge on any atom is 0.273 e. The summed E-state index contributed by atoms with van der Waals surface area (Å²) in [6.07, 6.45) is 2.98. The molecule has 0 bridgehead atoms. The standard InChI is InChI=1S/C43H54N10O8S2/c1-26-36(63-25-46-26)28-11-9-27(10-12-28)22-45-40(57)33-21-29(54)23-53(33)41(58)37(43(2,3)4)48-34(55)24-61-20-19-60-18-17-59-16-15-52-14-13-30-31(7-6-8-32(30)52)47-39-35(38(44)56)50-51-42(49-39)62-5/h6-14,25,29,33,37,54H,15-24H2,1-5H3,(H2,44,56)(H,45,57)(H,48,55)(H,47,49,51)/t29-,33+,37-/m1/s1. The summed E-state index contributed by atoms with van der Waals surface area (Å²) >= 11 is 2.87. The predicted octanol–water partition coefficient (Wildman–Crippen LogP) is 3.68. The van der Waals surface area contributed by atoms with E-state index in [-0.39, 0.29) is 56.7 Å². The van der Waals surface area contributed by atoms with E-state index in [1.165, 1.54) is 16.7 Å². The Labute approximate surface area is 373 Å². The summed E-state index contributed by atoms with van der Waals surface area (Å²) in [5, 5.41) is 28.6. The van der Waals surface area contributed by atoms with E-state index in [1.807, 2.05) is 94.2 Å². The molecule has 0 saturated carbocycles. The van der Waals surface area contributed by atoms with Crippen molar-refractivity contribution >= 4 is 69.1 Å². The van der Waals surface area contributed by atoms with Gasteiger partial charge in [0.2, 0.25) is 22.9 Å². The third-order valence-corrected chi connectivity index (χ3v) is 11.8. The van der Waals surface area contributed by atoms with Crippen LogP contribution in [0.25, 0.3) is 21.3 Å². The molecule has 3 aromatic heterocycles. The fourth-order valence-electron chi connectivity index (χ4n) is 7.06. The van der Waals surface area contributed by atoms with Gasteiger partial charge in [0.15, 0.2) is 11.5 Å². The first-order valence-corrected chi connectivity index (χ1v) is 22.6. The number of anilines is 2. The zero-order valence-corrected chi connectivity index (χ0v) is 37.6. The van der Waals surface area contributed by atoms with Gasteiger partial charge < -0.3 is 50.5 Å². The van der Waals surface area contributed by atoms with Crippen molar-refractivity contribution in [1.82, 2.24) is 40.3 Å². The highest BCUT2D eigenvalue weighted by Crippen LogP contribution is 2.30. The quantitative estimate of drug-likeness (QED) is 0.0522. The maximum absolute atomic E-state index is 13.9. The van der Waals surface area contributed by atoms with Gasteiger partial charge in [-0.25, -0.2) is 9.97 Å². The molecule has 336 valence electrons. The number of hydrogen-bond acceptors (Lipinski definition) is 15. The number of amides is 4. The van der Waals surface area contributed by atoms with Crippen LogP contribution >= 0.6 is 23.1 Å². The lowest BCUT2D eigenvalue weighted by atomic mass is 9.85. The Hall–Kier alpha value is -5.51. The molecule has 1 fully saturated rings. The molecule has 20 heteroatoms. The van der Waals surface area contributed by atoms with Crippen LogP contribution in [-0.4, -0.2) is 129 Å². The number of thioether (sulfide) groups is 1. The second-order valence-corrected chi connectivity index (χ2v) is 17.6. The van der Waals surface area contributed by atoms with Gasteiger partial charge in [-0.3, -0.25) is 19.2 Å². The number of aromatic nitrogens is 5. The fourth-order valence-corrected chi connectivity index (χ4v) is 8.17. The monoisotopic (exact) mass is 902 g/mol. The van der Waals surface area contributed by atoms with E-state index >= 15 is 0 Å². The Morgan fingerprint density at radius 3 is 2.41 bits per heavy atom. The largest absolute Gasteiger partial charge is 0.391 e. The first kappa shape index (κ1) is 47.0. The molecular weight excluding hydrogens is 849 g/mol. The molecule has 0 unspecified atom stereocenters. The lowest BCUT2D eigenvalue weighted by Gasteiger charge is -2.35. The summed E-state index contributed by atoms with van der Waals surface area (Å²) in [6.45, 7) is 9.42. The molecule has 6 rings (SSSR count). The van der Waals surface area contributed by atoms with Gasteiger partial charge in [-0.15, -0.1) is 21.5 Å². The second kappa shape index (κ2) is 21.7. The number of β-amino-alcohol motifs (C(OH)–C–C–N with tert-alkyl or cyclic N) is 1. The van der Waals surface area contributed by atoms with E-state index in [2.05, 4.69) is 40.7 Å².